The van der Waals surface area contributed by atoms with Crippen molar-refractivity contribution in [3.8, 4) is 0 Å². The van der Waals surface area contributed by atoms with E-state index in [4.69, 9.17) is 0 Å². The summed E-state index contributed by atoms with van der Waals surface area (Å²) in [7, 11) is 2.08. The molecule has 0 unspecified atom stereocenters. The smallest absolute Gasteiger partial charge is 0.269 e. The Bertz CT molecular complexity index is 383. The monoisotopic (exact) mass is 234 g/mol. The van der Waals surface area contributed by atoms with Crippen LogP contribution in [-0.2, 0) is 0 Å². The van der Waals surface area contributed by atoms with E-state index in [0.717, 1.165) is 5.69 Å². The van der Waals surface area contributed by atoms with E-state index in [2.05, 4.69) is 11.9 Å². The first-order chi connectivity index (χ1) is 8.18. The quantitative estimate of drug-likeness (QED) is 0.595. The molecule has 0 N–H and O–H groups in total. The topological polar surface area (TPSA) is 46.4 Å². The van der Waals surface area contributed by atoms with Gasteiger partial charge in [0, 0.05) is 30.9 Å². The van der Waals surface area contributed by atoms with Crippen LogP contribution in [0.5, 0.6) is 0 Å². The molecule has 1 aromatic carbocycles. The predicted octanol–water partition coefficient (Wildman–Crippen LogP) is 3.36. The van der Waals surface area contributed by atoms with Gasteiger partial charge in [0.15, 0.2) is 0 Å². The minimum Gasteiger partial charge on any atom is -0.372 e. The van der Waals surface area contributed by atoms with E-state index in [-0.39, 0.29) is 10.6 Å². The molecule has 4 heteroatoms. The number of nitro benzene ring substituents is 1. The van der Waals surface area contributed by atoms with E-state index in [1.54, 1.807) is 12.1 Å². The minimum absolute atomic E-state index is 0.158. The summed E-state index contributed by atoms with van der Waals surface area (Å²) in [6.45, 7) is 0. The highest BCUT2D eigenvalue weighted by Crippen LogP contribution is 2.27. The average Bonchev–Trinajstić information content (AvgIpc) is 2.39. The van der Waals surface area contributed by atoms with E-state index < -0.39 is 0 Å². The van der Waals surface area contributed by atoms with Crippen molar-refractivity contribution in [1.82, 2.24) is 0 Å². The molecule has 0 amide bonds. The molecule has 0 atom stereocenters. The Kier molecular flexibility index (Phi) is 3.61. The predicted molar refractivity (Wildman–Crippen MR) is 68.4 cm³/mol. The van der Waals surface area contributed by atoms with Gasteiger partial charge < -0.3 is 4.90 Å². The molecule has 1 saturated carbocycles. The molecular weight excluding hydrogens is 216 g/mol. The Hall–Kier alpha value is -1.58. The number of anilines is 1. The highest BCUT2D eigenvalue weighted by Gasteiger charge is 2.18. The number of non-ortho nitro benzene ring substituents is 1. The van der Waals surface area contributed by atoms with Crippen molar-refractivity contribution in [3.63, 3.8) is 0 Å². The van der Waals surface area contributed by atoms with Gasteiger partial charge in [0.1, 0.15) is 0 Å². The van der Waals surface area contributed by atoms with Gasteiger partial charge in [0.2, 0.25) is 0 Å². The Morgan fingerprint density at radius 1 is 1.18 bits per heavy atom. The number of benzene rings is 1. The van der Waals surface area contributed by atoms with E-state index in [9.17, 15) is 10.1 Å². The third-order valence-electron chi connectivity index (χ3n) is 3.59. The van der Waals surface area contributed by atoms with Crippen LogP contribution in [-0.4, -0.2) is 18.0 Å². The summed E-state index contributed by atoms with van der Waals surface area (Å²) >= 11 is 0. The number of hydrogen-bond acceptors (Lipinski definition) is 3. The maximum Gasteiger partial charge on any atom is 0.269 e. The summed E-state index contributed by atoms with van der Waals surface area (Å²) in [5, 5.41) is 10.6. The van der Waals surface area contributed by atoms with E-state index in [1.165, 1.54) is 32.1 Å². The van der Waals surface area contributed by atoms with E-state index in [1.807, 2.05) is 12.1 Å². The second-order valence-corrected chi connectivity index (χ2v) is 4.68. The summed E-state index contributed by atoms with van der Waals surface area (Å²) in [5.74, 6) is 0. The normalized spacial score (nSPS) is 16.8. The molecular formula is C13H18N2O2. The maximum absolute atomic E-state index is 10.6. The van der Waals surface area contributed by atoms with Gasteiger partial charge in [0.05, 0.1) is 4.92 Å². The molecule has 0 bridgehead atoms. The Balaban J connectivity index is 2.07. The molecule has 0 aromatic heterocycles. The van der Waals surface area contributed by atoms with Crippen LogP contribution in [0.2, 0.25) is 0 Å². The number of nitrogens with zero attached hydrogens (tertiary/aromatic N) is 2. The lowest BCUT2D eigenvalue weighted by Gasteiger charge is -2.32. The SMILES string of the molecule is CN(c1ccc([N+](=O)[O-])cc1)C1CCCCC1. The third-order valence-corrected chi connectivity index (χ3v) is 3.59. The lowest BCUT2D eigenvalue weighted by molar-refractivity contribution is -0.384. The van der Waals surface area contributed by atoms with Crippen LogP contribution >= 0.6 is 0 Å². The Morgan fingerprint density at radius 3 is 2.29 bits per heavy atom. The molecule has 1 aliphatic carbocycles. The zero-order valence-electron chi connectivity index (χ0n) is 10.1. The van der Waals surface area contributed by atoms with Gasteiger partial charge in [-0.15, -0.1) is 0 Å². The molecule has 2 rings (SSSR count). The summed E-state index contributed by atoms with van der Waals surface area (Å²) < 4.78 is 0. The zero-order chi connectivity index (χ0) is 12.3. The van der Waals surface area contributed by atoms with Crippen molar-refractivity contribution in [2.75, 3.05) is 11.9 Å². The molecule has 0 heterocycles. The van der Waals surface area contributed by atoms with Crippen molar-refractivity contribution < 1.29 is 4.92 Å². The standard InChI is InChI=1S/C13H18N2O2/c1-14(11-5-3-2-4-6-11)12-7-9-13(10-8-12)15(16)17/h7-11H,2-6H2,1H3. The molecule has 0 aliphatic heterocycles. The average molecular weight is 234 g/mol. The molecule has 1 aliphatic rings. The largest absolute Gasteiger partial charge is 0.372 e. The van der Waals surface area contributed by atoms with Crippen molar-refractivity contribution in [3.05, 3.63) is 34.4 Å². The minimum atomic E-state index is -0.357. The second-order valence-electron chi connectivity index (χ2n) is 4.68. The lowest BCUT2D eigenvalue weighted by Crippen LogP contribution is -2.33. The summed E-state index contributed by atoms with van der Waals surface area (Å²) in [6, 6.07) is 7.42. The van der Waals surface area contributed by atoms with Gasteiger partial charge >= 0.3 is 0 Å². The molecule has 1 aromatic rings. The summed E-state index contributed by atoms with van der Waals surface area (Å²) in [4.78, 5) is 12.5. The van der Waals surface area contributed by atoms with Crippen LogP contribution in [0.3, 0.4) is 0 Å². The fourth-order valence-electron chi connectivity index (χ4n) is 2.49. The summed E-state index contributed by atoms with van der Waals surface area (Å²) in [5.41, 5.74) is 1.23. The first kappa shape index (κ1) is 11.9. The Labute approximate surface area is 101 Å². The zero-order valence-corrected chi connectivity index (χ0v) is 10.1. The molecule has 17 heavy (non-hydrogen) atoms. The number of hydrogen-bond donors (Lipinski definition) is 0. The van der Waals surface area contributed by atoms with Gasteiger partial charge in [0.25, 0.3) is 5.69 Å². The molecule has 4 nitrogen and oxygen atoms in total. The maximum atomic E-state index is 10.6. The molecule has 92 valence electrons. The fourth-order valence-corrected chi connectivity index (χ4v) is 2.49. The summed E-state index contributed by atoms with van der Waals surface area (Å²) in [6.07, 6.45) is 6.38. The highest BCUT2D eigenvalue weighted by atomic mass is 16.6. The fraction of sp³-hybridized carbons (Fsp3) is 0.538. The molecule has 1 fully saturated rings. The van der Waals surface area contributed by atoms with Crippen LogP contribution in [0, 0.1) is 10.1 Å². The van der Waals surface area contributed by atoms with Crippen molar-refractivity contribution in [1.29, 1.82) is 0 Å². The van der Waals surface area contributed by atoms with Crippen LogP contribution in [0.15, 0.2) is 24.3 Å². The van der Waals surface area contributed by atoms with Gasteiger partial charge in [-0.1, -0.05) is 19.3 Å². The van der Waals surface area contributed by atoms with Crippen molar-refractivity contribution in [2.24, 2.45) is 0 Å². The Morgan fingerprint density at radius 2 is 1.76 bits per heavy atom. The van der Waals surface area contributed by atoms with Crippen LogP contribution < -0.4 is 4.90 Å². The van der Waals surface area contributed by atoms with Crippen molar-refractivity contribution in [2.45, 2.75) is 38.1 Å². The van der Waals surface area contributed by atoms with Crippen LogP contribution in [0.4, 0.5) is 11.4 Å². The van der Waals surface area contributed by atoms with Crippen LogP contribution in [0.25, 0.3) is 0 Å². The first-order valence-electron chi connectivity index (χ1n) is 6.16. The van der Waals surface area contributed by atoms with Gasteiger partial charge in [-0.2, -0.15) is 0 Å². The second kappa shape index (κ2) is 5.17. The highest BCUT2D eigenvalue weighted by molar-refractivity contribution is 5.51. The number of rotatable bonds is 3. The van der Waals surface area contributed by atoms with Gasteiger partial charge in [-0.05, 0) is 25.0 Å². The third kappa shape index (κ3) is 2.75. The lowest BCUT2D eigenvalue weighted by atomic mass is 9.94. The van der Waals surface area contributed by atoms with Crippen molar-refractivity contribution >= 4 is 11.4 Å². The molecule has 0 radical (unpaired) electrons. The molecule has 0 saturated heterocycles. The van der Waals surface area contributed by atoms with Gasteiger partial charge in [-0.25, -0.2) is 0 Å². The van der Waals surface area contributed by atoms with Crippen LogP contribution in [0.1, 0.15) is 32.1 Å². The molecule has 0 spiro atoms. The first-order valence-corrected chi connectivity index (χ1v) is 6.16. The van der Waals surface area contributed by atoms with E-state index in [0.29, 0.717) is 6.04 Å². The van der Waals surface area contributed by atoms with E-state index >= 15 is 0 Å². The van der Waals surface area contributed by atoms with Gasteiger partial charge in [-0.3, -0.25) is 10.1 Å². The number of nitro groups is 1.